The summed E-state index contributed by atoms with van der Waals surface area (Å²) in [6, 6.07) is 0.111. The Labute approximate surface area is 113 Å². The second-order valence-electron chi connectivity index (χ2n) is 5.32. The van der Waals surface area contributed by atoms with E-state index >= 15 is 0 Å². The van der Waals surface area contributed by atoms with Gasteiger partial charge in [-0.1, -0.05) is 6.92 Å². The van der Waals surface area contributed by atoms with Crippen molar-refractivity contribution < 1.29 is 9.00 Å². The fourth-order valence-electron chi connectivity index (χ4n) is 2.44. The van der Waals surface area contributed by atoms with Crippen LogP contribution in [-0.2, 0) is 15.6 Å². The van der Waals surface area contributed by atoms with Gasteiger partial charge in [0.05, 0.1) is 5.41 Å². The molecule has 0 radical (unpaired) electrons. The van der Waals surface area contributed by atoms with Crippen LogP contribution in [0.25, 0.3) is 0 Å². The lowest BCUT2D eigenvalue weighted by atomic mass is 9.75. The maximum absolute atomic E-state index is 12.4. The molecule has 1 aliphatic rings. The molecule has 0 aliphatic carbocycles. The third kappa shape index (κ3) is 4.35. The minimum Gasteiger partial charge on any atom is -0.353 e. The van der Waals surface area contributed by atoms with Gasteiger partial charge in [0.25, 0.3) is 0 Å². The van der Waals surface area contributed by atoms with Crippen LogP contribution < -0.4 is 10.6 Å². The maximum Gasteiger partial charge on any atom is 0.226 e. The summed E-state index contributed by atoms with van der Waals surface area (Å²) in [5, 5.41) is 6.40. The molecule has 1 rings (SSSR count). The predicted octanol–water partition coefficient (Wildman–Crippen LogP) is 1.04. The zero-order valence-corrected chi connectivity index (χ0v) is 12.6. The van der Waals surface area contributed by atoms with E-state index in [0.717, 1.165) is 38.8 Å². The SMILES string of the molecule is CCC1(C(=O)NC(C)CCS(C)=O)CCNCC1. The highest BCUT2D eigenvalue weighted by atomic mass is 32.2. The number of rotatable bonds is 6. The average molecular weight is 274 g/mol. The van der Waals surface area contributed by atoms with E-state index in [1.807, 2.05) is 6.92 Å². The Morgan fingerprint density at radius 3 is 2.56 bits per heavy atom. The minimum absolute atomic E-state index is 0.111. The van der Waals surface area contributed by atoms with Crippen molar-refractivity contribution in [2.75, 3.05) is 25.1 Å². The van der Waals surface area contributed by atoms with Crippen LogP contribution >= 0.6 is 0 Å². The van der Waals surface area contributed by atoms with Gasteiger partial charge >= 0.3 is 0 Å². The van der Waals surface area contributed by atoms with Gasteiger partial charge in [0, 0.05) is 28.9 Å². The summed E-state index contributed by atoms with van der Waals surface area (Å²) in [7, 11) is -0.779. The zero-order chi connectivity index (χ0) is 13.6. The first-order valence-corrected chi connectivity index (χ1v) is 8.54. The van der Waals surface area contributed by atoms with Crippen molar-refractivity contribution >= 4 is 16.7 Å². The number of carbonyl (C=O) groups is 1. The molecule has 18 heavy (non-hydrogen) atoms. The molecule has 5 heteroatoms. The van der Waals surface area contributed by atoms with Crippen LogP contribution in [0.3, 0.4) is 0 Å². The molecule has 0 aromatic rings. The summed E-state index contributed by atoms with van der Waals surface area (Å²) in [6.45, 7) is 5.94. The number of carbonyl (C=O) groups excluding carboxylic acids is 1. The molecule has 2 unspecified atom stereocenters. The van der Waals surface area contributed by atoms with Crippen molar-refractivity contribution in [2.45, 2.75) is 45.6 Å². The van der Waals surface area contributed by atoms with Gasteiger partial charge in [-0.3, -0.25) is 9.00 Å². The van der Waals surface area contributed by atoms with Crippen molar-refractivity contribution in [3.63, 3.8) is 0 Å². The van der Waals surface area contributed by atoms with Crippen LogP contribution in [0.15, 0.2) is 0 Å². The van der Waals surface area contributed by atoms with Crippen LogP contribution in [0.4, 0.5) is 0 Å². The molecule has 1 fully saturated rings. The first-order chi connectivity index (χ1) is 8.50. The number of hydrogen-bond acceptors (Lipinski definition) is 3. The fourth-order valence-corrected chi connectivity index (χ4v) is 3.12. The second kappa shape index (κ2) is 7.24. The number of amides is 1. The number of hydrogen-bond donors (Lipinski definition) is 2. The Kier molecular flexibility index (Phi) is 6.29. The highest BCUT2D eigenvalue weighted by molar-refractivity contribution is 7.84. The highest BCUT2D eigenvalue weighted by Gasteiger charge is 2.37. The Morgan fingerprint density at radius 1 is 1.44 bits per heavy atom. The topological polar surface area (TPSA) is 58.2 Å². The molecule has 1 amide bonds. The van der Waals surface area contributed by atoms with E-state index in [0.29, 0.717) is 5.75 Å². The highest BCUT2D eigenvalue weighted by Crippen LogP contribution is 2.32. The van der Waals surface area contributed by atoms with E-state index in [4.69, 9.17) is 0 Å². The van der Waals surface area contributed by atoms with E-state index in [1.165, 1.54) is 0 Å². The third-order valence-electron chi connectivity index (χ3n) is 3.93. The van der Waals surface area contributed by atoms with Gasteiger partial charge in [-0.2, -0.15) is 0 Å². The third-order valence-corrected chi connectivity index (χ3v) is 4.75. The molecule has 106 valence electrons. The molecule has 0 aromatic heterocycles. The summed E-state index contributed by atoms with van der Waals surface area (Å²) in [5.74, 6) is 0.836. The molecule has 0 aromatic carbocycles. The lowest BCUT2D eigenvalue weighted by molar-refractivity contribution is -0.133. The zero-order valence-electron chi connectivity index (χ0n) is 11.8. The van der Waals surface area contributed by atoms with E-state index in [1.54, 1.807) is 6.26 Å². The minimum atomic E-state index is -0.779. The van der Waals surface area contributed by atoms with E-state index in [9.17, 15) is 9.00 Å². The Hall–Kier alpha value is -0.420. The largest absolute Gasteiger partial charge is 0.353 e. The normalized spacial score (nSPS) is 22.2. The molecule has 2 N–H and O–H groups in total. The summed E-state index contributed by atoms with van der Waals surface area (Å²) in [5.41, 5.74) is -0.190. The molecule has 0 bridgehead atoms. The summed E-state index contributed by atoms with van der Waals surface area (Å²) in [6.07, 6.45) is 5.22. The quantitative estimate of drug-likeness (QED) is 0.761. The molecule has 0 saturated carbocycles. The first-order valence-electron chi connectivity index (χ1n) is 6.82. The molecule has 1 aliphatic heterocycles. The Balaban J connectivity index is 2.48. The molecular formula is C13H26N2O2S. The van der Waals surface area contributed by atoms with Crippen molar-refractivity contribution in [3.8, 4) is 0 Å². The number of nitrogens with one attached hydrogen (secondary N) is 2. The lowest BCUT2D eigenvalue weighted by Crippen LogP contribution is -2.49. The Bertz CT molecular complexity index is 301. The van der Waals surface area contributed by atoms with Crippen LogP contribution in [0.1, 0.15) is 39.5 Å². The summed E-state index contributed by atoms with van der Waals surface area (Å²) >= 11 is 0. The van der Waals surface area contributed by atoms with Crippen LogP contribution in [-0.4, -0.2) is 41.3 Å². The van der Waals surface area contributed by atoms with E-state index in [-0.39, 0.29) is 17.4 Å². The molecule has 0 spiro atoms. The van der Waals surface area contributed by atoms with Crippen molar-refractivity contribution in [3.05, 3.63) is 0 Å². The average Bonchev–Trinajstić information content (AvgIpc) is 2.37. The summed E-state index contributed by atoms with van der Waals surface area (Å²) in [4.78, 5) is 12.4. The fraction of sp³-hybridized carbons (Fsp3) is 0.923. The van der Waals surface area contributed by atoms with Crippen LogP contribution in [0.2, 0.25) is 0 Å². The van der Waals surface area contributed by atoms with Gasteiger partial charge in [0.15, 0.2) is 0 Å². The molecule has 1 saturated heterocycles. The predicted molar refractivity (Wildman–Crippen MR) is 76.0 cm³/mol. The van der Waals surface area contributed by atoms with Crippen molar-refractivity contribution in [1.82, 2.24) is 10.6 Å². The molecule has 2 atom stereocenters. The van der Waals surface area contributed by atoms with Gasteiger partial charge in [-0.25, -0.2) is 0 Å². The van der Waals surface area contributed by atoms with Gasteiger partial charge in [-0.05, 0) is 45.7 Å². The van der Waals surface area contributed by atoms with E-state index < -0.39 is 10.8 Å². The first kappa shape index (κ1) is 15.6. The maximum atomic E-state index is 12.4. The van der Waals surface area contributed by atoms with Gasteiger partial charge in [0.1, 0.15) is 0 Å². The second-order valence-corrected chi connectivity index (χ2v) is 6.88. The van der Waals surface area contributed by atoms with Crippen molar-refractivity contribution in [2.24, 2.45) is 5.41 Å². The van der Waals surface area contributed by atoms with E-state index in [2.05, 4.69) is 17.6 Å². The molecular weight excluding hydrogens is 248 g/mol. The Morgan fingerprint density at radius 2 is 2.06 bits per heavy atom. The van der Waals surface area contributed by atoms with Crippen molar-refractivity contribution in [1.29, 1.82) is 0 Å². The molecule has 4 nitrogen and oxygen atoms in total. The molecule has 1 heterocycles. The monoisotopic (exact) mass is 274 g/mol. The van der Waals surface area contributed by atoms with Gasteiger partial charge in [0.2, 0.25) is 5.91 Å². The lowest BCUT2D eigenvalue weighted by Gasteiger charge is -2.36. The van der Waals surface area contributed by atoms with Gasteiger partial charge < -0.3 is 10.6 Å². The smallest absolute Gasteiger partial charge is 0.226 e. The van der Waals surface area contributed by atoms with Crippen LogP contribution in [0.5, 0.6) is 0 Å². The summed E-state index contributed by atoms with van der Waals surface area (Å²) < 4.78 is 11.0. The number of piperidine rings is 1. The van der Waals surface area contributed by atoms with Gasteiger partial charge in [-0.15, -0.1) is 0 Å². The standard InChI is InChI=1S/C13H26N2O2S/c1-4-13(6-8-14-9-7-13)12(16)15-11(2)5-10-18(3)17/h11,14H,4-10H2,1-3H3,(H,15,16). The van der Waals surface area contributed by atoms with Crippen LogP contribution in [0, 0.1) is 5.41 Å².